The number of sulfonamides is 2. The summed E-state index contributed by atoms with van der Waals surface area (Å²) in [5.74, 6) is -0.879. The highest BCUT2D eigenvalue weighted by Gasteiger charge is 2.29. The molecule has 7 aromatic rings. The number of para-hydroxylation sites is 2. The van der Waals surface area contributed by atoms with Gasteiger partial charge in [0.15, 0.2) is 0 Å². The monoisotopic (exact) mass is 774 g/mol. The van der Waals surface area contributed by atoms with E-state index >= 15 is 0 Å². The van der Waals surface area contributed by atoms with Gasteiger partial charge in [0.1, 0.15) is 5.82 Å². The van der Waals surface area contributed by atoms with Crippen LogP contribution in [-0.4, -0.2) is 39.9 Å². The third kappa shape index (κ3) is 7.52. The standard InChI is InChI=1S/C39H33Cl2FN4O4S2/c40-26-11-17-29(18-12-26)51(47,48)43-23-21-33-31-5-1-3-7-35(31)45-38(33)37(25-9-15-28(42)16-10-25)39-34(32-6-2-4-8-36(32)46-39)22-24-44-52(49,50)30-19-13-27(41)14-20-30/h1-20,37,43-46H,21-24H2. The molecule has 2 aromatic heterocycles. The van der Waals surface area contributed by atoms with Crippen molar-refractivity contribution in [3.8, 4) is 0 Å². The van der Waals surface area contributed by atoms with Gasteiger partial charge < -0.3 is 9.97 Å². The Kier molecular flexibility index (Phi) is 10.3. The zero-order valence-electron chi connectivity index (χ0n) is 27.5. The molecule has 266 valence electrons. The van der Waals surface area contributed by atoms with Crippen LogP contribution in [0.4, 0.5) is 4.39 Å². The molecule has 0 spiro atoms. The third-order valence-electron chi connectivity index (χ3n) is 9.06. The van der Waals surface area contributed by atoms with Crippen LogP contribution in [-0.2, 0) is 32.9 Å². The van der Waals surface area contributed by atoms with Gasteiger partial charge in [0, 0.05) is 56.3 Å². The van der Waals surface area contributed by atoms with Crippen molar-refractivity contribution in [1.29, 1.82) is 0 Å². The van der Waals surface area contributed by atoms with Gasteiger partial charge in [-0.05, 0) is 102 Å². The summed E-state index contributed by atoms with van der Waals surface area (Å²) in [5, 5.41) is 2.71. The van der Waals surface area contributed by atoms with Crippen LogP contribution in [0.2, 0.25) is 10.0 Å². The summed E-state index contributed by atoms with van der Waals surface area (Å²) in [7, 11) is -7.65. The van der Waals surface area contributed by atoms with E-state index in [9.17, 15) is 21.2 Å². The van der Waals surface area contributed by atoms with Crippen molar-refractivity contribution in [3.63, 3.8) is 0 Å². The first-order valence-corrected chi connectivity index (χ1v) is 20.2. The number of aromatic amines is 2. The molecule has 0 amide bonds. The van der Waals surface area contributed by atoms with Crippen LogP contribution < -0.4 is 9.44 Å². The molecule has 52 heavy (non-hydrogen) atoms. The van der Waals surface area contributed by atoms with Gasteiger partial charge in [-0.2, -0.15) is 0 Å². The molecule has 5 aromatic carbocycles. The predicted molar refractivity (Wildman–Crippen MR) is 205 cm³/mol. The Balaban J connectivity index is 1.29. The number of hydrogen-bond acceptors (Lipinski definition) is 4. The van der Waals surface area contributed by atoms with E-state index in [0.717, 1.165) is 49.9 Å². The molecule has 0 atom stereocenters. The van der Waals surface area contributed by atoms with Crippen molar-refractivity contribution in [1.82, 2.24) is 19.4 Å². The second kappa shape index (κ2) is 14.9. The molecule has 7 rings (SSSR count). The average Bonchev–Trinajstić information content (AvgIpc) is 3.67. The van der Waals surface area contributed by atoms with Gasteiger partial charge in [-0.15, -0.1) is 0 Å². The van der Waals surface area contributed by atoms with Crippen molar-refractivity contribution >= 4 is 65.1 Å². The predicted octanol–water partition coefficient (Wildman–Crippen LogP) is 8.32. The molecule has 8 nitrogen and oxygen atoms in total. The molecule has 0 aliphatic carbocycles. The van der Waals surface area contributed by atoms with Crippen LogP contribution in [0, 0.1) is 5.82 Å². The van der Waals surface area contributed by atoms with Crippen LogP contribution in [0.5, 0.6) is 0 Å². The molecule has 0 saturated carbocycles. The van der Waals surface area contributed by atoms with Crippen LogP contribution in [0.3, 0.4) is 0 Å². The van der Waals surface area contributed by atoms with E-state index in [1.165, 1.54) is 60.7 Å². The Morgan fingerprint density at radius 2 is 0.962 bits per heavy atom. The van der Waals surface area contributed by atoms with Crippen LogP contribution in [0.1, 0.15) is 34.0 Å². The molecule has 2 heterocycles. The maximum Gasteiger partial charge on any atom is 0.240 e. The van der Waals surface area contributed by atoms with E-state index in [1.54, 1.807) is 12.1 Å². The molecule has 0 fully saturated rings. The largest absolute Gasteiger partial charge is 0.357 e. The van der Waals surface area contributed by atoms with Crippen molar-refractivity contribution in [3.05, 3.63) is 165 Å². The van der Waals surface area contributed by atoms with Gasteiger partial charge in [0.05, 0.1) is 15.7 Å². The number of rotatable bonds is 13. The SMILES string of the molecule is O=S(=O)(NCCc1c(C(c2ccc(F)cc2)c2[nH]c3ccccc3c2CCNS(=O)(=O)c2ccc(Cl)cc2)[nH]c2ccccc12)c1ccc(Cl)cc1. The minimum absolute atomic E-state index is 0.0992. The second-order valence-electron chi connectivity index (χ2n) is 12.3. The van der Waals surface area contributed by atoms with E-state index in [0.29, 0.717) is 22.9 Å². The van der Waals surface area contributed by atoms with Crippen molar-refractivity contribution < 1.29 is 21.2 Å². The molecule has 4 N–H and O–H groups in total. The summed E-state index contributed by atoms with van der Waals surface area (Å²) in [5.41, 5.74) is 5.86. The fourth-order valence-corrected chi connectivity index (χ4v) is 8.94. The number of halogens is 3. The summed E-state index contributed by atoms with van der Waals surface area (Å²) in [6.45, 7) is 0.198. The Morgan fingerprint density at radius 1 is 0.558 bits per heavy atom. The van der Waals surface area contributed by atoms with Gasteiger partial charge in [-0.1, -0.05) is 71.7 Å². The Labute approximate surface area is 311 Å². The normalized spacial score (nSPS) is 12.3. The zero-order valence-corrected chi connectivity index (χ0v) is 30.7. The van der Waals surface area contributed by atoms with Gasteiger partial charge in [-0.3, -0.25) is 0 Å². The number of H-pyrrole nitrogens is 2. The highest BCUT2D eigenvalue weighted by atomic mass is 35.5. The van der Waals surface area contributed by atoms with E-state index in [1.807, 2.05) is 48.5 Å². The van der Waals surface area contributed by atoms with Crippen LogP contribution >= 0.6 is 23.2 Å². The Hall–Kier alpha value is -4.49. The number of nitrogens with one attached hydrogen (secondary N) is 4. The van der Waals surface area contributed by atoms with Crippen LogP contribution in [0.25, 0.3) is 21.8 Å². The lowest BCUT2D eigenvalue weighted by atomic mass is 9.86. The minimum Gasteiger partial charge on any atom is -0.357 e. The van der Waals surface area contributed by atoms with Gasteiger partial charge in [0.2, 0.25) is 20.0 Å². The zero-order chi connectivity index (χ0) is 36.5. The van der Waals surface area contributed by atoms with E-state index in [-0.39, 0.29) is 28.7 Å². The van der Waals surface area contributed by atoms with Crippen molar-refractivity contribution in [2.24, 2.45) is 0 Å². The summed E-state index contributed by atoms with van der Waals surface area (Å²) >= 11 is 12.0. The molecule has 0 bridgehead atoms. The van der Waals surface area contributed by atoms with Crippen LogP contribution in [0.15, 0.2) is 131 Å². The Morgan fingerprint density at radius 3 is 1.38 bits per heavy atom. The maximum absolute atomic E-state index is 14.4. The number of hydrogen-bond donors (Lipinski definition) is 4. The average molecular weight is 776 g/mol. The summed E-state index contributed by atoms with van der Waals surface area (Å²) in [6, 6.07) is 33.8. The van der Waals surface area contributed by atoms with Gasteiger partial charge in [0.25, 0.3) is 0 Å². The first-order chi connectivity index (χ1) is 25.0. The second-order valence-corrected chi connectivity index (χ2v) is 16.7. The van der Waals surface area contributed by atoms with Crippen molar-refractivity contribution in [2.45, 2.75) is 28.6 Å². The van der Waals surface area contributed by atoms with E-state index in [2.05, 4.69) is 19.4 Å². The first kappa shape index (κ1) is 35.9. The smallest absolute Gasteiger partial charge is 0.240 e. The van der Waals surface area contributed by atoms with Gasteiger partial charge in [-0.25, -0.2) is 30.7 Å². The molecule has 0 unspecified atom stereocenters. The topological polar surface area (TPSA) is 124 Å². The summed E-state index contributed by atoms with van der Waals surface area (Å²) < 4.78 is 72.6. The maximum atomic E-state index is 14.4. The number of aromatic nitrogens is 2. The fraction of sp³-hybridized carbons (Fsp3) is 0.128. The lowest BCUT2D eigenvalue weighted by Gasteiger charge is -2.21. The highest BCUT2D eigenvalue weighted by molar-refractivity contribution is 7.89. The molecule has 0 radical (unpaired) electrons. The lowest BCUT2D eigenvalue weighted by molar-refractivity contribution is 0.580. The molecule has 0 saturated heterocycles. The quantitative estimate of drug-likeness (QED) is 0.0941. The molecular weight excluding hydrogens is 742 g/mol. The van der Waals surface area contributed by atoms with E-state index < -0.39 is 26.0 Å². The molecular formula is C39H33Cl2FN4O4S2. The third-order valence-corrected chi connectivity index (χ3v) is 12.5. The Bertz CT molecular complexity index is 2430. The first-order valence-electron chi connectivity index (χ1n) is 16.4. The van der Waals surface area contributed by atoms with E-state index in [4.69, 9.17) is 23.2 Å². The van der Waals surface area contributed by atoms with Crippen molar-refractivity contribution in [2.75, 3.05) is 13.1 Å². The highest BCUT2D eigenvalue weighted by Crippen LogP contribution is 2.40. The molecule has 13 heteroatoms. The summed E-state index contributed by atoms with van der Waals surface area (Å²) in [4.78, 5) is 7.44. The lowest BCUT2D eigenvalue weighted by Crippen LogP contribution is -2.26. The number of fused-ring (bicyclic) bond motifs is 2. The molecule has 0 aliphatic rings. The number of benzene rings is 5. The van der Waals surface area contributed by atoms with Gasteiger partial charge >= 0.3 is 0 Å². The minimum atomic E-state index is -3.82. The summed E-state index contributed by atoms with van der Waals surface area (Å²) in [6.07, 6.45) is 0.667. The molecule has 0 aliphatic heterocycles. The fourth-order valence-electron chi connectivity index (χ4n) is 6.62.